The van der Waals surface area contributed by atoms with Gasteiger partial charge in [-0.1, -0.05) is 0 Å². The Balaban J connectivity index is 2.09. The van der Waals surface area contributed by atoms with Crippen LogP contribution in [0.25, 0.3) is 0 Å². The zero-order valence-electron chi connectivity index (χ0n) is 12.0. The third-order valence-electron chi connectivity index (χ3n) is 4.26. The summed E-state index contributed by atoms with van der Waals surface area (Å²) >= 11 is 3.55. The van der Waals surface area contributed by atoms with Crippen LogP contribution in [0.15, 0.2) is 22.7 Å². The fourth-order valence-electron chi connectivity index (χ4n) is 2.89. The van der Waals surface area contributed by atoms with Gasteiger partial charge in [0.25, 0.3) is 0 Å². The zero-order valence-corrected chi connectivity index (χ0v) is 13.6. The highest BCUT2D eigenvalue weighted by Gasteiger charge is 2.24. The molecule has 0 heterocycles. The molecule has 1 aromatic carbocycles. The van der Waals surface area contributed by atoms with E-state index in [-0.39, 0.29) is 0 Å². The minimum atomic E-state index is -0.394. The lowest BCUT2D eigenvalue weighted by molar-refractivity contribution is 0.100. The van der Waals surface area contributed by atoms with Crippen molar-refractivity contribution >= 4 is 27.5 Å². The van der Waals surface area contributed by atoms with Crippen LogP contribution in [0.3, 0.4) is 0 Å². The number of anilines is 1. The average molecular weight is 340 g/mol. The molecule has 0 atom stereocenters. The molecule has 0 aliphatic heterocycles. The van der Waals surface area contributed by atoms with Gasteiger partial charge < -0.3 is 16.0 Å². The zero-order chi connectivity index (χ0) is 14.7. The maximum absolute atomic E-state index is 11.2. The van der Waals surface area contributed by atoms with E-state index in [1.54, 1.807) is 12.1 Å². The van der Waals surface area contributed by atoms with Crippen molar-refractivity contribution in [2.45, 2.75) is 37.8 Å². The molecular weight excluding hydrogens is 318 g/mol. The molecular formula is C15H22BrN3O. The van der Waals surface area contributed by atoms with Gasteiger partial charge in [0.2, 0.25) is 5.91 Å². The fraction of sp³-hybridized carbons (Fsp3) is 0.533. The van der Waals surface area contributed by atoms with Crippen LogP contribution in [0.4, 0.5) is 5.69 Å². The number of benzene rings is 1. The highest BCUT2D eigenvalue weighted by molar-refractivity contribution is 9.10. The third kappa shape index (κ3) is 3.33. The standard InChI is InChI=1S/C15H22BrN3O/c1-18-11-4-6-12(7-5-11)19(2)14-8-3-10(15(17)20)9-13(14)16/h3,8-9,11-12,18H,4-7H2,1-2H3,(H2,17,20). The van der Waals surface area contributed by atoms with Gasteiger partial charge in [-0.05, 0) is 66.9 Å². The summed E-state index contributed by atoms with van der Waals surface area (Å²) in [6.45, 7) is 0. The van der Waals surface area contributed by atoms with Gasteiger partial charge in [-0.2, -0.15) is 0 Å². The maximum atomic E-state index is 11.2. The van der Waals surface area contributed by atoms with Gasteiger partial charge in [-0.3, -0.25) is 4.79 Å². The first-order valence-corrected chi connectivity index (χ1v) is 7.81. The summed E-state index contributed by atoms with van der Waals surface area (Å²) < 4.78 is 0.923. The Morgan fingerprint density at radius 1 is 1.35 bits per heavy atom. The second kappa shape index (κ2) is 6.59. The number of nitrogens with zero attached hydrogens (tertiary/aromatic N) is 1. The molecule has 0 saturated heterocycles. The number of nitrogens with two attached hydrogens (primary N) is 1. The second-order valence-corrected chi connectivity index (χ2v) is 6.29. The van der Waals surface area contributed by atoms with E-state index in [1.165, 1.54) is 25.7 Å². The van der Waals surface area contributed by atoms with Crippen molar-refractivity contribution in [1.29, 1.82) is 0 Å². The monoisotopic (exact) mass is 339 g/mol. The number of rotatable bonds is 4. The normalized spacial score (nSPS) is 22.6. The van der Waals surface area contributed by atoms with Crippen molar-refractivity contribution < 1.29 is 4.79 Å². The Morgan fingerprint density at radius 2 is 2.00 bits per heavy atom. The third-order valence-corrected chi connectivity index (χ3v) is 4.90. The van der Waals surface area contributed by atoms with Crippen molar-refractivity contribution in [3.8, 4) is 0 Å². The van der Waals surface area contributed by atoms with Crippen LogP contribution < -0.4 is 16.0 Å². The summed E-state index contributed by atoms with van der Waals surface area (Å²) in [5.74, 6) is -0.394. The van der Waals surface area contributed by atoms with Gasteiger partial charge in [-0.15, -0.1) is 0 Å². The van der Waals surface area contributed by atoms with Crippen molar-refractivity contribution in [3.63, 3.8) is 0 Å². The van der Waals surface area contributed by atoms with Crippen LogP contribution in [-0.4, -0.2) is 32.1 Å². The lowest BCUT2D eigenvalue weighted by Crippen LogP contribution is -2.40. The van der Waals surface area contributed by atoms with Crippen molar-refractivity contribution in [2.75, 3.05) is 19.0 Å². The highest BCUT2D eigenvalue weighted by atomic mass is 79.9. The van der Waals surface area contributed by atoms with E-state index >= 15 is 0 Å². The molecule has 110 valence electrons. The van der Waals surface area contributed by atoms with Gasteiger partial charge in [0.05, 0.1) is 5.69 Å². The van der Waals surface area contributed by atoms with Crippen LogP contribution in [0.5, 0.6) is 0 Å². The molecule has 0 spiro atoms. The van der Waals surface area contributed by atoms with Crippen LogP contribution in [0.1, 0.15) is 36.0 Å². The van der Waals surface area contributed by atoms with E-state index in [1.807, 2.05) is 13.1 Å². The summed E-state index contributed by atoms with van der Waals surface area (Å²) in [6, 6.07) is 6.76. The maximum Gasteiger partial charge on any atom is 0.248 e. The number of hydrogen-bond acceptors (Lipinski definition) is 3. The molecule has 4 nitrogen and oxygen atoms in total. The summed E-state index contributed by atoms with van der Waals surface area (Å²) in [6.07, 6.45) is 4.79. The van der Waals surface area contributed by atoms with Crippen molar-refractivity contribution in [2.24, 2.45) is 5.73 Å². The lowest BCUT2D eigenvalue weighted by Gasteiger charge is -2.36. The first-order valence-electron chi connectivity index (χ1n) is 7.02. The number of halogens is 1. The molecule has 0 radical (unpaired) electrons. The van der Waals surface area contributed by atoms with Crippen molar-refractivity contribution in [1.82, 2.24) is 5.32 Å². The molecule has 1 aliphatic rings. The van der Waals surface area contributed by atoms with Crippen LogP contribution >= 0.6 is 15.9 Å². The Kier molecular flexibility index (Phi) is 5.05. The number of primary amides is 1. The topological polar surface area (TPSA) is 58.4 Å². The van der Waals surface area contributed by atoms with Crippen LogP contribution in [0.2, 0.25) is 0 Å². The molecule has 1 fully saturated rings. The second-order valence-electron chi connectivity index (χ2n) is 5.44. The molecule has 1 aliphatic carbocycles. The largest absolute Gasteiger partial charge is 0.371 e. The SMILES string of the molecule is CNC1CCC(N(C)c2ccc(C(N)=O)cc2Br)CC1. The Labute approximate surface area is 128 Å². The van der Waals surface area contributed by atoms with E-state index < -0.39 is 5.91 Å². The number of carbonyl (C=O) groups excluding carboxylic acids is 1. The number of nitrogens with one attached hydrogen (secondary N) is 1. The molecule has 0 aromatic heterocycles. The Bertz CT molecular complexity index is 484. The minimum Gasteiger partial charge on any atom is -0.371 e. The Hall–Kier alpha value is -1.07. The predicted octanol–water partition coefficient (Wildman–Crippen LogP) is 2.51. The summed E-state index contributed by atoms with van der Waals surface area (Å²) in [4.78, 5) is 13.5. The highest BCUT2D eigenvalue weighted by Crippen LogP contribution is 2.32. The van der Waals surface area contributed by atoms with E-state index in [0.717, 1.165) is 10.2 Å². The first-order chi connectivity index (χ1) is 9.52. The average Bonchev–Trinajstić information content (AvgIpc) is 2.46. The molecule has 1 amide bonds. The summed E-state index contributed by atoms with van der Waals surface area (Å²) in [5, 5.41) is 3.36. The first kappa shape index (κ1) is 15.3. The quantitative estimate of drug-likeness (QED) is 0.886. The molecule has 20 heavy (non-hydrogen) atoms. The van der Waals surface area contributed by atoms with E-state index in [9.17, 15) is 4.79 Å². The smallest absolute Gasteiger partial charge is 0.248 e. The van der Waals surface area contributed by atoms with E-state index in [2.05, 4.69) is 33.2 Å². The molecule has 1 saturated carbocycles. The van der Waals surface area contributed by atoms with Gasteiger partial charge >= 0.3 is 0 Å². The van der Waals surface area contributed by atoms with Crippen molar-refractivity contribution in [3.05, 3.63) is 28.2 Å². The van der Waals surface area contributed by atoms with E-state index in [4.69, 9.17) is 5.73 Å². The van der Waals surface area contributed by atoms with Gasteiger partial charge in [-0.25, -0.2) is 0 Å². The van der Waals surface area contributed by atoms with Gasteiger partial charge in [0.15, 0.2) is 0 Å². The van der Waals surface area contributed by atoms with E-state index in [0.29, 0.717) is 17.6 Å². The number of carbonyl (C=O) groups is 1. The molecule has 0 unspecified atom stereocenters. The molecule has 2 rings (SSSR count). The lowest BCUT2D eigenvalue weighted by atomic mass is 9.90. The fourth-order valence-corrected chi connectivity index (χ4v) is 3.55. The molecule has 0 bridgehead atoms. The molecule has 1 aromatic rings. The van der Waals surface area contributed by atoms with Crippen LogP contribution in [-0.2, 0) is 0 Å². The predicted molar refractivity (Wildman–Crippen MR) is 86.2 cm³/mol. The number of amides is 1. The summed E-state index contributed by atoms with van der Waals surface area (Å²) in [7, 11) is 4.16. The van der Waals surface area contributed by atoms with Gasteiger partial charge in [0.1, 0.15) is 0 Å². The number of hydrogen-bond donors (Lipinski definition) is 2. The summed E-state index contributed by atoms with van der Waals surface area (Å²) in [5.41, 5.74) is 6.95. The Morgan fingerprint density at radius 3 is 2.50 bits per heavy atom. The molecule has 5 heteroatoms. The molecule has 3 N–H and O–H groups in total. The van der Waals surface area contributed by atoms with Crippen LogP contribution in [0, 0.1) is 0 Å². The minimum absolute atomic E-state index is 0.394. The van der Waals surface area contributed by atoms with Gasteiger partial charge in [0, 0.05) is 29.2 Å².